The van der Waals surface area contributed by atoms with Gasteiger partial charge >= 0.3 is 7.60 Å². The first-order chi connectivity index (χ1) is 11.6. The van der Waals surface area contributed by atoms with Gasteiger partial charge in [0.25, 0.3) is 0 Å². The van der Waals surface area contributed by atoms with Crippen molar-refractivity contribution in [3.8, 4) is 11.5 Å². The summed E-state index contributed by atoms with van der Waals surface area (Å²) in [6, 6.07) is 4.94. The van der Waals surface area contributed by atoms with Crippen LogP contribution in [0.15, 0.2) is 18.2 Å². The molecule has 9 heteroatoms. The number of rotatable bonds is 8. The van der Waals surface area contributed by atoms with E-state index in [1.54, 1.807) is 26.0 Å². The van der Waals surface area contributed by atoms with Crippen LogP contribution >= 0.6 is 20.0 Å². The highest BCUT2D eigenvalue weighted by molar-refractivity contribution is 7.54. The molecule has 1 atom stereocenters. The Labute approximate surface area is 155 Å². The molecule has 2 rings (SSSR count). The number of aromatic hydroxyl groups is 1. The molecule has 0 spiro atoms. The Bertz CT molecular complexity index is 572. The SMILES string of the molecule is CCOP(=O)(OCC)C(c1ccc(O)c(OC)c1)N1CCOCC1.Cl. The van der Waals surface area contributed by atoms with Crippen molar-refractivity contribution in [3.63, 3.8) is 0 Å². The van der Waals surface area contributed by atoms with Gasteiger partial charge in [-0.2, -0.15) is 0 Å². The van der Waals surface area contributed by atoms with Gasteiger partial charge in [-0.25, -0.2) is 0 Å². The largest absolute Gasteiger partial charge is 0.504 e. The summed E-state index contributed by atoms with van der Waals surface area (Å²) in [5.41, 5.74) is 0.719. The fourth-order valence-electron chi connectivity index (χ4n) is 2.81. The van der Waals surface area contributed by atoms with Gasteiger partial charge in [-0.15, -0.1) is 12.4 Å². The lowest BCUT2D eigenvalue weighted by Crippen LogP contribution is -2.39. The second kappa shape index (κ2) is 10.4. The van der Waals surface area contributed by atoms with E-state index in [1.807, 2.05) is 4.90 Å². The molecule has 25 heavy (non-hydrogen) atoms. The molecular weight excluding hydrogens is 369 g/mol. The molecule has 1 saturated heterocycles. The highest BCUT2D eigenvalue weighted by Crippen LogP contribution is 2.62. The predicted molar refractivity (Wildman–Crippen MR) is 97.9 cm³/mol. The maximum atomic E-state index is 13.5. The molecule has 0 radical (unpaired) electrons. The van der Waals surface area contributed by atoms with E-state index in [0.29, 0.717) is 32.1 Å². The van der Waals surface area contributed by atoms with Crippen LogP contribution in [0.4, 0.5) is 0 Å². The minimum Gasteiger partial charge on any atom is -0.504 e. The maximum Gasteiger partial charge on any atom is 0.352 e. The Hall–Kier alpha value is -0.820. The molecule has 1 aliphatic rings. The molecule has 0 amide bonds. The van der Waals surface area contributed by atoms with Gasteiger partial charge in [0.1, 0.15) is 5.78 Å². The Balaban J connectivity index is 0.00000312. The molecule has 0 aromatic heterocycles. The van der Waals surface area contributed by atoms with E-state index in [0.717, 1.165) is 5.56 Å². The molecule has 1 fully saturated rings. The molecule has 144 valence electrons. The van der Waals surface area contributed by atoms with E-state index in [4.69, 9.17) is 18.5 Å². The number of phenols is 1. The zero-order valence-electron chi connectivity index (χ0n) is 14.8. The highest BCUT2D eigenvalue weighted by Gasteiger charge is 2.42. The minimum absolute atomic E-state index is 0. The van der Waals surface area contributed by atoms with Crippen LogP contribution in [0.1, 0.15) is 25.2 Å². The monoisotopic (exact) mass is 395 g/mol. The van der Waals surface area contributed by atoms with Crippen molar-refractivity contribution in [2.75, 3.05) is 46.6 Å². The van der Waals surface area contributed by atoms with Crippen LogP contribution in [0.5, 0.6) is 11.5 Å². The number of benzene rings is 1. The number of morpholine rings is 1. The van der Waals surface area contributed by atoms with Gasteiger partial charge in [0, 0.05) is 13.1 Å². The third-order valence-electron chi connectivity index (χ3n) is 3.81. The normalized spacial score (nSPS) is 16.9. The fourth-order valence-corrected chi connectivity index (χ4v) is 5.04. The van der Waals surface area contributed by atoms with Gasteiger partial charge in [-0.3, -0.25) is 9.46 Å². The van der Waals surface area contributed by atoms with Gasteiger partial charge in [0.05, 0.1) is 33.5 Å². The number of hydrogen-bond donors (Lipinski definition) is 1. The first-order valence-corrected chi connectivity index (χ1v) is 9.74. The molecule has 1 heterocycles. The molecular formula is C16H27ClNO6P. The summed E-state index contributed by atoms with van der Waals surface area (Å²) < 4.78 is 35.2. The number of phenolic OH excluding ortho intramolecular Hbond substituents is 1. The lowest BCUT2D eigenvalue weighted by atomic mass is 10.1. The summed E-state index contributed by atoms with van der Waals surface area (Å²) in [5, 5.41) is 9.85. The average Bonchev–Trinajstić information content (AvgIpc) is 2.58. The van der Waals surface area contributed by atoms with E-state index in [2.05, 4.69) is 0 Å². The summed E-state index contributed by atoms with van der Waals surface area (Å²) in [6.45, 7) is 6.52. The second-order valence-electron chi connectivity index (χ2n) is 5.33. The van der Waals surface area contributed by atoms with E-state index in [-0.39, 0.29) is 31.4 Å². The summed E-state index contributed by atoms with van der Waals surface area (Å²) in [4.78, 5) is 2.04. The molecule has 0 aliphatic carbocycles. The van der Waals surface area contributed by atoms with Crippen LogP contribution in [0.3, 0.4) is 0 Å². The average molecular weight is 396 g/mol. The third-order valence-corrected chi connectivity index (χ3v) is 6.27. The molecule has 1 aliphatic heterocycles. The minimum atomic E-state index is -3.43. The van der Waals surface area contributed by atoms with E-state index < -0.39 is 13.4 Å². The van der Waals surface area contributed by atoms with Crippen molar-refractivity contribution < 1.29 is 28.2 Å². The number of ether oxygens (including phenoxy) is 2. The van der Waals surface area contributed by atoms with Crippen LogP contribution in [-0.4, -0.2) is 56.6 Å². The van der Waals surface area contributed by atoms with Crippen LogP contribution < -0.4 is 4.74 Å². The van der Waals surface area contributed by atoms with Gasteiger partial charge in [0.15, 0.2) is 11.5 Å². The summed E-state index contributed by atoms with van der Waals surface area (Å²) in [5.74, 6) is -0.217. The Morgan fingerprint density at radius 1 is 1.24 bits per heavy atom. The van der Waals surface area contributed by atoms with Crippen LogP contribution in [-0.2, 0) is 18.3 Å². The van der Waals surface area contributed by atoms with E-state index in [1.165, 1.54) is 13.2 Å². The lowest BCUT2D eigenvalue weighted by Gasteiger charge is -2.37. The van der Waals surface area contributed by atoms with Gasteiger partial charge in [-0.05, 0) is 31.5 Å². The number of halogens is 1. The van der Waals surface area contributed by atoms with Gasteiger partial charge in [-0.1, -0.05) is 6.07 Å². The van der Waals surface area contributed by atoms with Crippen LogP contribution in [0.25, 0.3) is 0 Å². The summed E-state index contributed by atoms with van der Waals surface area (Å²) >= 11 is 0. The molecule has 1 aromatic carbocycles. The molecule has 1 N–H and O–H groups in total. The predicted octanol–water partition coefficient (Wildman–Crippen LogP) is 3.42. The van der Waals surface area contributed by atoms with E-state index >= 15 is 0 Å². The Kier molecular flexibility index (Phi) is 9.21. The van der Waals surface area contributed by atoms with Crippen molar-refractivity contribution in [2.45, 2.75) is 19.6 Å². The van der Waals surface area contributed by atoms with Crippen molar-refractivity contribution in [2.24, 2.45) is 0 Å². The fraction of sp³-hybridized carbons (Fsp3) is 0.625. The standard InChI is InChI=1S/C16H26NO6P.ClH/c1-4-22-24(19,23-5-2)16(17-8-10-21-11-9-17)13-6-7-14(18)15(12-13)20-3;/h6-7,12,16,18H,4-5,8-11H2,1-3H3;1H. The topological polar surface area (TPSA) is 77.5 Å². The maximum absolute atomic E-state index is 13.5. The third kappa shape index (κ3) is 5.33. The first-order valence-electron chi connectivity index (χ1n) is 8.13. The van der Waals surface area contributed by atoms with Crippen LogP contribution in [0, 0.1) is 0 Å². The molecule has 1 aromatic rings. The van der Waals surface area contributed by atoms with Gasteiger partial charge < -0.3 is 23.6 Å². The molecule has 1 unspecified atom stereocenters. The van der Waals surface area contributed by atoms with Crippen LogP contribution in [0.2, 0.25) is 0 Å². The quantitative estimate of drug-likeness (QED) is 0.676. The summed E-state index contributed by atoms with van der Waals surface area (Å²) in [7, 11) is -1.95. The zero-order valence-corrected chi connectivity index (χ0v) is 16.6. The second-order valence-corrected chi connectivity index (χ2v) is 7.41. The van der Waals surface area contributed by atoms with E-state index in [9.17, 15) is 9.67 Å². The van der Waals surface area contributed by atoms with Crippen molar-refractivity contribution in [3.05, 3.63) is 23.8 Å². The first kappa shape index (κ1) is 22.2. The summed E-state index contributed by atoms with van der Waals surface area (Å²) in [6.07, 6.45) is 0. The highest BCUT2D eigenvalue weighted by atomic mass is 35.5. The Morgan fingerprint density at radius 2 is 1.84 bits per heavy atom. The van der Waals surface area contributed by atoms with Crippen molar-refractivity contribution >= 4 is 20.0 Å². The smallest absolute Gasteiger partial charge is 0.352 e. The zero-order chi connectivity index (χ0) is 17.6. The van der Waals surface area contributed by atoms with Crippen molar-refractivity contribution in [1.82, 2.24) is 4.90 Å². The number of hydrogen-bond acceptors (Lipinski definition) is 7. The lowest BCUT2D eigenvalue weighted by molar-refractivity contribution is 0.0236. The Morgan fingerprint density at radius 3 is 2.36 bits per heavy atom. The van der Waals surface area contributed by atoms with Crippen molar-refractivity contribution in [1.29, 1.82) is 0 Å². The number of methoxy groups -OCH3 is 1. The molecule has 0 bridgehead atoms. The van der Waals surface area contributed by atoms with Gasteiger partial charge in [0.2, 0.25) is 0 Å². The number of nitrogens with zero attached hydrogens (tertiary/aromatic N) is 1. The molecule has 7 nitrogen and oxygen atoms in total. The molecule has 0 saturated carbocycles.